The Morgan fingerprint density at radius 1 is 1.00 bits per heavy atom. The number of nitrogen functional groups attached to an aromatic ring is 1. The van der Waals surface area contributed by atoms with Crippen molar-refractivity contribution in [1.82, 2.24) is 4.98 Å². The molecular formula is C9H10N2O. The van der Waals surface area contributed by atoms with Gasteiger partial charge in [-0.2, -0.15) is 0 Å². The fraction of sp³-hybridized carbons (Fsp3) is 0. The molecule has 0 aliphatic carbocycles. The summed E-state index contributed by atoms with van der Waals surface area (Å²) in [6.45, 7) is 0. The molecule has 2 rings (SSSR count). The van der Waals surface area contributed by atoms with Crippen LogP contribution in [0.15, 0.2) is 53.3 Å². The molecule has 0 fully saturated rings. The molecule has 0 aliphatic rings. The van der Waals surface area contributed by atoms with E-state index in [9.17, 15) is 0 Å². The molecule has 1 aromatic carbocycles. The zero-order valence-corrected chi connectivity index (χ0v) is 6.55. The first-order valence-corrected chi connectivity index (χ1v) is 3.54. The smallest absolute Gasteiger partial charge is 0.291 e. The van der Waals surface area contributed by atoms with Crippen molar-refractivity contribution in [3.05, 3.63) is 48.9 Å². The minimum atomic E-state index is 0.218. The molecular weight excluding hydrogens is 152 g/mol. The van der Waals surface area contributed by atoms with E-state index in [-0.39, 0.29) is 6.01 Å². The van der Waals surface area contributed by atoms with E-state index in [4.69, 9.17) is 5.73 Å². The number of anilines is 1. The Kier molecular flexibility index (Phi) is 3.44. The zero-order valence-electron chi connectivity index (χ0n) is 6.55. The summed E-state index contributed by atoms with van der Waals surface area (Å²) >= 11 is 0. The van der Waals surface area contributed by atoms with Gasteiger partial charge < -0.3 is 10.2 Å². The number of nitrogens with two attached hydrogens (primary N) is 1. The normalized spacial score (nSPS) is 8.33. The molecule has 62 valence electrons. The van der Waals surface area contributed by atoms with Crippen LogP contribution in [0.3, 0.4) is 0 Å². The number of benzene rings is 1. The summed E-state index contributed by atoms with van der Waals surface area (Å²) in [7, 11) is 0. The molecule has 3 nitrogen and oxygen atoms in total. The molecule has 3 heteroatoms. The number of rotatable bonds is 0. The Balaban J connectivity index is 0.000000120. The van der Waals surface area contributed by atoms with Gasteiger partial charge in [0.25, 0.3) is 6.01 Å². The lowest BCUT2D eigenvalue weighted by Gasteiger charge is -1.69. The maximum atomic E-state index is 5.00. The molecule has 0 saturated heterocycles. The van der Waals surface area contributed by atoms with Crippen LogP contribution < -0.4 is 5.73 Å². The third kappa shape index (κ3) is 3.41. The summed E-state index contributed by atoms with van der Waals surface area (Å²) in [6.07, 6.45) is 2.92. The van der Waals surface area contributed by atoms with E-state index in [1.807, 2.05) is 36.4 Å². The van der Waals surface area contributed by atoms with Crippen LogP contribution in [0, 0.1) is 0 Å². The topological polar surface area (TPSA) is 52.0 Å². The van der Waals surface area contributed by atoms with Gasteiger partial charge in [-0.05, 0) is 0 Å². The van der Waals surface area contributed by atoms with Crippen LogP contribution in [0.25, 0.3) is 0 Å². The fourth-order valence-corrected chi connectivity index (χ4v) is 0.619. The van der Waals surface area contributed by atoms with Crippen molar-refractivity contribution in [1.29, 1.82) is 0 Å². The monoisotopic (exact) mass is 162 g/mol. The van der Waals surface area contributed by atoms with Gasteiger partial charge in [0.2, 0.25) is 0 Å². The van der Waals surface area contributed by atoms with Crippen molar-refractivity contribution < 1.29 is 4.42 Å². The molecule has 2 N–H and O–H groups in total. The highest BCUT2D eigenvalue weighted by Crippen LogP contribution is 1.90. The maximum Gasteiger partial charge on any atom is 0.291 e. The Bertz CT molecular complexity index is 252. The Hall–Kier alpha value is -1.77. The molecule has 2 aromatic rings. The number of oxazole rings is 1. The van der Waals surface area contributed by atoms with Crippen LogP contribution in [0.1, 0.15) is 0 Å². The Morgan fingerprint density at radius 3 is 1.67 bits per heavy atom. The minimum absolute atomic E-state index is 0.218. The third-order valence-electron chi connectivity index (χ3n) is 1.12. The van der Waals surface area contributed by atoms with Gasteiger partial charge in [0, 0.05) is 0 Å². The van der Waals surface area contributed by atoms with E-state index >= 15 is 0 Å². The van der Waals surface area contributed by atoms with Gasteiger partial charge in [0.15, 0.2) is 0 Å². The number of aromatic nitrogens is 1. The summed E-state index contributed by atoms with van der Waals surface area (Å²) < 4.78 is 4.50. The number of hydrogen-bond acceptors (Lipinski definition) is 3. The quantitative estimate of drug-likeness (QED) is 0.644. The van der Waals surface area contributed by atoms with Gasteiger partial charge >= 0.3 is 0 Å². The molecule has 0 amide bonds. The first-order chi connectivity index (χ1) is 5.89. The van der Waals surface area contributed by atoms with Gasteiger partial charge in [-0.3, -0.25) is 0 Å². The average molecular weight is 162 g/mol. The standard InChI is InChI=1S/C6H6.C3H4N2O/c1-2-4-6-5-3-1;4-3-5-1-2-6-3/h1-6H;1-2H,(H2,4,5). The highest BCUT2D eigenvalue weighted by Gasteiger charge is 1.78. The lowest BCUT2D eigenvalue weighted by atomic mass is 10.4. The molecule has 1 aromatic heterocycles. The van der Waals surface area contributed by atoms with Crippen molar-refractivity contribution in [3.8, 4) is 0 Å². The van der Waals surface area contributed by atoms with Gasteiger partial charge in [0.05, 0.1) is 6.20 Å². The first kappa shape index (κ1) is 8.33. The van der Waals surface area contributed by atoms with E-state index in [1.165, 1.54) is 12.5 Å². The molecule has 0 aliphatic heterocycles. The Morgan fingerprint density at radius 2 is 1.50 bits per heavy atom. The van der Waals surface area contributed by atoms with Crippen molar-refractivity contribution >= 4 is 6.01 Å². The molecule has 0 saturated carbocycles. The largest absolute Gasteiger partial charge is 0.432 e. The minimum Gasteiger partial charge on any atom is -0.432 e. The molecule has 0 radical (unpaired) electrons. The highest BCUT2D eigenvalue weighted by atomic mass is 16.3. The summed E-state index contributed by atoms with van der Waals surface area (Å²) in [5.41, 5.74) is 5.00. The average Bonchev–Trinajstić information content (AvgIpc) is 2.60. The van der Waals surface area contributed by atoms with E-state index in [2.05, 4.69) is 9.40 Å². The second-order valence-electron chi connectivity index (χ2n) is 2.03. The molecule has 0 atom stereocenters. The van der Waals surface area contributed by atoms with E-state index < -0.39 is 0 Å². The van der Waals surface area contributed by atoms with Crippen LogP contribution in [-0.2, 0) is 0 Å². The van der Waals surface area contributed by atoms with Gasteiger partial charge in [0.1, 0.15) is 6.26 Å². The molecule has 0 bridgehead atoms. The fourth-order valence-electron chi connectivity index (χ4n) is 0.619. The lowest BCUT2D eigenvalue weighted by molar-refractivity contribution is 0.580. The van der Waals surface area contributed by atoms with Crippen LogP contribution >= 0.6 is 0 Å². The van der Waals surface area contributed by atoms with E-state index in [1.54, 1.807) is 0 Å². The highest BCUT2D eigenvalue weighted by molar-refractivity contribution is 5.05. The predicted molar refractivity (Wildman–Crippen MR) is 47.4 cm³/mol. The van der Waals surface area contributed by atoms with E-state index in [0.29, 0.717) is 0 Å². The first-order valence-electron chi connectivity index (χ1n) is 3.54. The maximum absolute atomic E-state index is 5.00. The summed E-state index contributed by atoms with van der Waals surface area (Å²) in [5.74, 6) is 0. The van der Waals surface area contributed by atoms with E-state index in [0.717, 1.165) is 0 Å². The molecule has 0 spiro atoms. The predicted octanol–water partition coefficient (Wildman–Crippen LogP) is 1.94. The summed E-state index contributed by atoms with van der Waals surface area (Å²) in [4.78, 5) is 3.53. The van der Waals surface area contributed by atoms with Crippen molar-refractivity contribution in [2.24, 2.45) is 0 Å². The molecule has 0 unspecified atom stereocenters. The third-order valence-corrected chi connectivity index (χ3v) is 1.12. The van der Waals surface area contributed by atoms with Crippen LogP contribution in [0.2, 0.25) is 0 Å². The number of nitrogens with zero attached hydrogens (tertiary/aromatic N) is 1. The van der Waals surface area contributed by atoms with Gasteiger partial charge in [-0.25, -0.2) is 4.98 Å². The second kappa shape index (κ2) is 4.96. The number of hydrogen-bond donors (Lipinski definition) is 1. The van der Waals surface area contributed by atoms with Crippen LogP contribution in [-0.4, -0.2) is 4.98 Å². The SMILES string of the molecule is Nc1ncco1.c1ccccc1. The van der Waals surface area contributed by atoms with Crippen molar-refractivity contribution in [3.63, 3.8) is 0 Å². The second-order valence-corrected chi connectivity index (χ2v) is 2.03. The van der Waals surface area contributed by atoms with Crippen LogP contribution in [0.4, 0.5) is 6.01 Å². The molecule has 12 heavy (non-hydrogen) atoms. The van der Waals surface area contributed by atoms with Gasteiger partial charge in [-0.15, -0.1) is 0 Å². The summed E-state index contributed by atoms with van der Waals surface area (Å²) in [6, 6.07) is 12.2. The van der Waals surface area contributed by atoms with Gasteiger partial charge in [-0.1, -0.05) is 36.4 Å². The Labute approximate surface area is 70.8 Å². The summed E-state index contributed by atoms with van der Waals surface area (Å²) in [5, 5.41) is 0. The van der Waals surface area contributed by atoms with Crippen molar-refractivity contribution in [2.75, 3.05) is 5.73 Å². The van der Waals surface area contributed by atoms with Crippen LogP contribution in [0.5, 0.6) is 0 Å². The molecule has 1 heterocycles. The van der Waals surface area contributed by atoms with Crippen molar-refractivity contribution in [2.45, 2.75) is 0 Å². The lowest BCUT2D eigenvalue weighted by Crippen LogP contribution is -1.79. The zero-order chi connectivity index (χ0) is 8.65.